The predicted molar refractivity (Wildman–Crippen MR) is 118 cm³/mol. The number of benzene rings is 1. The van der Waals surface area contributed by atoms with E-state index in [2.05, 4.69) is 29.2 Å². The smallest absolute Gasteiger partial charge is 0.270 e. The van der Waals surface area contributed by atoms with E-state index in [0.29, 0.717) is 31.9 Å². The second-order valence-electron chi connectivity index (χ2n) is 7.63. The van der Waals surface area contributed by atoms with Crippen LogP contribution >= 0.6 is 0 Å². The Morgan fingerprint density at radius 3 is 2.27 bits per heavy atom. The van der Waals surface area contributed by atoms with Crippen LogP contribution < -0.4 is 0 Å². The quantitative estimate of drug-likeness (QED) is 0.640. The summed E-state index contributed by atoms with van der Waals surface area (Å²) in [5, 5.41) is 0. The van der Waals surface area contributed by atoms with Crippen LogP contribution in [0.2, 0.25) is 0 Å². The van der Waals surface area contributed by atoms with Gasteiger partial charge in [0.25, 0.3) is 5.91 Å². The number of rotatable bonds is 8. The fourth-order valence-electron chi connectivity index (χ4n) is 3.87. The molecule has 1 saturated heterocycles. The number of nitrogens with zero attached hydrogens (tertiary/aromatic N) is 4. The van der Waals surface area contributed by atoms with Crippen molar-refractivity contribution in [3.8, 4) is 0 Å². The lowest BCUT2D eigenvalue weighted by molar-refractivity contribution is 0.0629. The summed E-state index contributed by atoms with van der Waals surface area (Å²) in [4.78, 5) is 17.4. The normalized spacial score (nSPS) is 15.7. The van der Waals surface area contributed by atoms with E-state index in [4.69, 9.17) is 0 Å². The Morgan fingerprint density at radius 1 is 1.03 bits per heavy atom. The van der Waals surface area contributed by atoms with Gasteiger partial charge in [-0.25, -0.2) is 8.42 Å². The molecule has 1 aliphatic rings. The highest BCUT2D eigenvalue weighted by Gasteiger charge is 2.28. The van der Waals surface area contributed by atoms with E-state index in [1.165, 1.54) is 22.1 Å². The first-order valence-electron chi connectivity index (χ1n) is 10.6. The van der Waals surface area contributed by atoms with Crippen molar-refractivity contribution >= 4 is 15.9 Å². The first-order valence-corrected chi connectivity index (χ1v) is 12.0. The molecule has 1 aromatic carbocycles. The molecule has 2 aromatic rings. The molecule has 0 saturated carbocycles. The van der Waals surface area contributed by atoms with Crippen LogP contribution in [0.1, 0.15) is 29.9 Å². The Hall–Kier alpha value is -2.16. The molecular weight excluding hydrogens is 400 g/mol. The zero-order chi connectivity index (χ0) is 21.7. The Labute approximate surface area is 179 Å². The molecule has 0 unspecified atom stereocenters. The topological polar surface area (TPSA) is 65.9 Å². The summed E-state index contributed by atoms with van der Waals surface area (Å²) in [6.07, 6.45) is 2.54. The van der Waals surface area contributed by atoms with Gasteiger partial charge in [-0.15, -0.1) is 0 Å². The number of hydrogen-bond donors (Lipinski definition) is 0. The molecule has 2 heterocycles. The molecule has 1 aliphatic heterocycles. The van der Waals surface area contributed by atoms with Crippen molar-refractivity contribution in [1.82, 2.24) is 18.7 Å². The summed E-state index contributed by atoms with van der Waals surface area (Å²) in [5.41, 5.74) is 1.74. The van der Waals surface area contributed by atoms with Gasteiger partial charge in [0.05, 0.1) is 0 Å². The van der Waals surface area contributed by atoms with Crippen LogP contribution in [-0.2, 0) is 23.5 Å². The molecule has 164 valence electrons. The van der Waals surface area contributed by atoms with Gasteiger partial charge in [-0.2, -0.15) is 4.31 Å². The van der Waals surface area contributed by atoms with Gasteiger partial charge in [0.15, 0.2) is 0 Å². The second-order valence-corrected chi connectivity index (χ2v) is 9.57. The van der Waals surface area contributed by atoms with E-state index in [-0.39, 0.29) is 10.8 Å². The zero-order valence-corrected chi connectivity index (χ0v) is 18.9. The molecule has 0 atom stereocenters. The van der Waals surface area contributed by atoms with Gasteiger partial charge in [0.2, 0.25) is 10.0 Å². The summed E-state index contributed by atoms with van der Waals surface area (Å²) in [5.74, 6) is -0.110. The van der Waals surface area contributed by atoms with E-state index in [1.807, 2.05) is 24.8 Å². The number of hydrogen-bond acceptors (Lipinski definition) is 4. The maximum Gasteiger partial charge on any atom is 0.270 e. The average Bonchev–Trinajstić information content (AvgIpc) is 3.16. The van der Waals surface area contributed by atoms with Gasteiger partial charge in [0, 0.05) is 59.1 Å². The maximum atomic E-state index is 13.0. The molecule has 1 fully saturated rings. The van der Waals surface area contributed by atoms with Crippen molar-refractivity contribution in [2.45, 2.75) is 25.2 Å². The first-order chi connectivity index (χ1) is 14.4. The minimum absolute atomic E-state index is 0.110. The molecule has 8 heteroatoms. The molecule has 0 bridgehead atoms. The van der Waals surface area contributed by atoms with E-state index >= 15 is 0 Å². The molecular formula is C22H32N4O3S. The number of carbonyl (C=O) groups excluding carboxylic acids is 1. The fraction of sp³-hybridized carbons (Fsp3) is 0.500. The van der Waals surface area contributed by atoms with Gasteiger partial charge in [-0.3, -0.25) is 9.69 Å². The average molecular weight is 433 g/mol. The third-order valence-corrected chi connectivity index (χ3v) is 7.78. The Balaban J connectivity index is 1.61. The van der Waals surface area contributed by atoms with Crippen molar-refractivity contribution in [1.29, 1.82) is 0 Å². The van der Waals surface area contributed by atoms with Crippen LogP contribution in [0.3, 0.4) is 0 Å². The van der Waals surface area contributed by atoms with Crippen molar-refractivity contribution in [3.05, 3.63) is 53.9 Å². The molecule has 0 spiro atoms. The largest absolute Gasteiger partial charge is 0.345 e. The van der Waals surface area contributed by atoms with Gasteiger partial charge < -0.3 is 9.47 Å². The maximum absolute atomic E-state index is 13.0. The van der Waals surface area contributed by atoms with Gasteiger partial charge in [0.1, 0.15) is 10.6 Å². The Morgan fingerprint density at radius 2 is 1.67 bits per heavy atom. The summed E-state index contributed by atoms with van der Waals surface area (Å²) in [7, 11) is -1.85. The van der Waals surface area contributed by atoms with Crippen molar-refractivity contribution < 1.29 is 13.2 Å². The van der Waals surface area contributed by atoms with Crippen molar-refractivity contribution in [3.63, 3.8) is 0 Å². The highest BCUT2D eigenvalue weighted by Crippen LogP contribution is 2.20. The van der Waals surface area contributed by atoms with E-state index in [1.54, 1.807) is 11.6 Å². The standard InChI is InChI=1S/C22H32N4O3S/c1-4-26(5-2)30(28,29)20-17-21(23(3)18-20)22(27)25-15-13-24(14-16-25)12-11-19-9-7-6-8-10-19/h6-10,17-18H,4-5,11-16H2,1-3H3. The van der Waals surface area contributed by atoms with E-state index < -0.39 is 10.0 Å². The lowest BCUT2D eigenvalue weighted by Crippen LogP contribution is -2.49. The van der Waals surface area contributed by atoms with Crippen LogP contribution in [0.25, 0.3) is 0 Å². The monoisotopic (exact) mass is 432 g/mol. The fourth-order valence-corrected chi connectivity index (χ4v) is 5.40. The van der Waals surface area contributed by atoms with E-state index in [0.717, 1.165) is 26.1 Å². The highest BCUT2D eigenvalue weighted by atomic mass is 32.2. The summed E-state index contributed by atoms with van der Waals surface area (Å²) in [6.45, 7) is 8.36. The molecule has 0 aliphatic carbocycles. The van der Waals surface area contributed by atoms with Crippen molar-refractivity contribution in [2.24, 2.45) is 7.05 Å². The lowest BCUT2D eigenvalue weighted by Gasteiger charge is -2.34. The minimum atomic E-state index is -3.58. The third-order valence-electron chi connectivity index (χ3n) is 5.76. The highest BCUT2D eigenvalue weighted by molar-refractivity contribution is 7.89. The number of piperazine rings is 1. The molecule has 1 amide bonds. The van der Waals surface area contributed by atoms with Crippen LogP contribution in [0.4, 0.5) is 0 Å². The Kier molecular flexibility index (Phi) is 7.33. The van der Waals surface area contributed by atoms with E-state index in [9.17, 15) is 13.2 Å². The predicted octanol–water partition coefficient (Wildman–Crippen LogP) is 2.06. The molecule has 7 nitrogen and oxygen atoms in total. The zero-order valence-electron chi connectivity index (χ0n) is 18.1. The van der Waals surface area contributed by atoms with Gasteiger partial charge in [-0.05, 0) is 18.1 Å². The van der Waals surface area contributed by atoms with Gasteiger partial charge in [-0.1, -0.05) is 44.2 Å². The number of aryl methyl sites for hydroxylation is 1. The molecule has 30 heavy (non-hydrogen) atoms. The second kappa shape index (κ2) is 9.76. The molecule has 3 rings (SSSR count). The Bertz CT molecular complexity index is 944. The van der Waals surface area contributed by atoms with Crippen LogP contribution in [0.5, 0.6) is 0 Å². The number of carbonyl (C=O) groups is 1. The van der Waals surface area contributed by atoms with Crippen LogP contribution in [0, 0.1) is 0 Å². The van der Waals surface area contributed by atoms with Gasteiger partial charge >= 0.3 is 0 Å². The number of aromatic nitrogens is 1. The van der Waals surface area contributed by atoms with Crippen LogP contribution in [-0.4, -0.2) is 78.8 Å². The molecule has 0 N–H and O–H groups in total. The summed E-state index contributed by atoms with van der Waals surface area (Å²) >= 11 is 0. The van der Waals surface area contributed by atoms with Crippen LogP contribution in [0.15, 0.2) is 47.5 Å². The summed E-state index contributed by atoms with van der Waals surface area (Å²) < 4.78 is 28.6. The summed E-state index contributed by atoms with van der Waals surface area (Å²) in [6, 6.07) is 11.9. The molecule has 1 aromatic heterocycles. The first kappa shape index (κ1) is 22.5. The lowest BCUT2D eigenvalue weighted by atomic mass is 10.1. The molecule has 0 radical (unpaired) electrons. The number of amides is 1. The minimum Gasteiger partial charge on any atom is -0.345 e. The third kappa shape index (κ3) is 4.94. The van der Waals surface area contributed by atoms with Crippen molar-refractivity contribution in [2.75, 3.05) is 45.8 Å². The SMILES string of the molecule is CCN(CC)S(=O)(=O)c1cc(C(=O)N2CCN(CCc3ccccc3)CC2)n(C)c1. The number of sulfonamides is 1.